The molecule has 2 N–H and O–H groups in total. The van der Waals surface area contributed by atoms with E-state index in [1.54, 1.807) is 14.0 Å². The van der Waals surface area contributed by atoms with Gasteiger partial charge in [0, 0.05) is 26.7 Å². The molecule has 0 aromatic carbocycles. The van der Waals surface area contributed by atoms with Crippen LogP contribution in [0.25, 0.3) is 0 Å². The van der Waals surface area contributed by atoms with E-state index in [-0.39, 0.29) is 11.9 Å². The maximum Gasteiger partial charge on any atom is 0.244 e. The Bertz CT molecular complexity index is 315. The maximum atomic E-state index is 11.7. The highest BCUT2D eigenvalue weighted by Gasteiger charge is 2.13. The molecule has 96 valence electrons. The molecule has 0 saturated carbocycles. The van der Waals surface area contributed by atoms with Gasteiger partial charge in [-0.05, 0) is 6.92 Å². The molecule has 17 heavy (non-hydrogen) atoms. The average molecular weight is 241 g/mol. The molecule has 0 saturated heterocycles. The first kappa shape index (κ1) is 13.6. The van der Waals surface area contributed by atoms with E-state index in [9.17, 15) is 4.79 Å². The first-order valence-corrected chi connectivity index (χ1v) is 5.57. The summed E-state index contributed by atoms with van der Waals surface area (Å²) in [6.45, 7) is 4.54. The van der Waals surface area contributed by atoms with Crippen LogP contribution >= 0.6 is 0 Å². The zero-order valence-corrected chi connectivity index (χ0v) is 10.2. The lowest BCUT2D eigenvalue weighted by molar-refractivity contribution is -0.124. The number of nitrogens with one attached hydrogen (secondary N) is 2. The van der Waals surface area contributed by atoms with Crippen molar-refractivity contribution < 1.29 is 9.53 Å². The van der Waals surface area contributed by atoms with Crippen LogP contribution in [0, 0.1) is 0 Å². The van der Waals surface area contributed by atoms with Crippen LogP contribution in [0.1, 0.15) is 13.0 Å². The van der Waals surface area contributed by atoms with Crippen LogP contribution in [-0.2, 0) is 9.53 Å². The molecular formula is C10H19N5O2. The minimum Gasteiger partial charge on any atom is -0.383 e. The lowest BCUT2D eigenvalue weighted by atomic mass is 10.3. The summed E-state index contributed by atoms with van der Waals surface area (Å²) in [6, 6.07) is -0.337. The van der Waals surface area contributed by atoms with Gasteiger partial charge < -0.3 is 15.4 Å². The number of carbonyl (C=O) groups is 1. The number of aromatic nitrogens is 3. The number of amides is 1. The van der Waals surface area contributed by atoms with Crippen LogP contribution in [0.5, 0.6) is 0 Å². The molecule has 7 heteroatoms. The van der Waals surface area contributed by atoms with Crippen LogP contribution in [0.2, 0.25) is 0 Å². The van der Waals surface area contributed by atoms with Gasteiger partial charge in [-0.15, -0.1) is 0 Å². The fourth-order valence-electron chi connectivity index (χ4n) is 1.26. The van der Waals surface area contributed by atoms with Crippen LogP contribution in [0.3, 0.4) is 0 Å². The van der Waals surface area contributed by atoms with E-state index in [1.807, 2.05) is 0 Å². The summed E-state index contributed by atoms with van der Waals surface area (Å²) in [7, 11) is 1.66. The van der Waals surface area contributed by atoms with Crippen molar-refractivity contribution >= 4 is 5.91 Å². The predicted octanol–water partition coefficient (Wildman–Crippen LogP) is -0.809. The summed E-state index contributed by atoms with van der Waals surface area (Å²) < 4.78 is 6.41. The Morgan fingerprint density at radius 1 is 1.47 bits per heavy atom. The van der Waals surface area contributed by atoms with Crippen molar-refractivity contribution in [1.29, 1.82) is 0 Å². The SMILES string of the molecule is COCCNCCNC(=O)C(C)n1cncn1. The van der Waals surface area contributed by atoms with E-state index in [0.717, 1.165) is 13.1 Å². The molecule has 1 atom stereocenters. The van der Waals surface area contributed by atoms with Gasteiger partial charge in [-0.3, -0.25) is 4.79 Å². The van der Waals surface area contributed by atoms with Gasteiger partial charge in [0.15, 0.2) is 0 Å². The minimum absolute atomic E-state index is 0.0657. The topological polar surface area (TPSA) is 81.1 Å². The molecule has 0 fully saturated rings. The van der Waals surface area contributed by atoms with Gasteiger partial charge in [-0.2, -0.15) is 5.10 Å². The van der Waals surface area contributed by atoms with E-state index in [0.29, 0.717) is 13.2 Å². The second-order valence-corrected chi connectivity index (χ2v) is 3.59. The molecule has 0 bridgehead atoms. The van der Waals surface area contributed by atoms with Gasteiger partial charge in [0.25, 0.3) is 0 Å². The summed E-state index contributed by atoms with van der Waals surface area (Å²) in [5.74, 6) is -0.0657. The molecule has 1 aromatic rings. The van der Waals surface area contributed by atoms with Crippen molar-refractivity contribution in [2.45, 2.75) is 13.0 Å². The van der Waals surface area contributed by atoms with Crippen molar-refractivity contribution in [3.05, 3.63) is 12.7 Å². The number of nitrogens with zero attached hydrogens (tertiary/aromatic N) is 3. The van der Waals surface area contributed by atoms with E-state index in [1.165, 1.54) is 17.3 Å². The Kier molecular flexibility index (Phi) is 6.19. The maximum absolute atomic E-state index is 11.7. The molecule has 1 amide bonds. The molecule has 1 aromatic heterocycles. The monoisotopic (exact) mass is 241 g/mol. The van der Waals surface area contributed by atoms with Crippen LogP contribution in [-0.4, -0.2) is 54.0 Å². The quantitative estimate of drug-likeness (QED) is 0.582. The highest BCUT2D eigenvalue weighted by Crippen LogP contribution is 2.00. The second kappa shape index (κ2) is 7.75. The fourth-order valence-corrected chi connectivity index (χ4v) is 1.26. The van der Waals surface area contributed by atoms with E-state index < -0.39 is 0 Å². The van der Waals surface area contributed by atoms with Gasteiger partial charge in [-0.25, -0.2) is 9.67 Å². The second-order valence-electron chi connectivity index (χ2n) is 3.59. The molecule has 0 aliphatic rings. The van der Waals surface area contributed by atoms with Gasteiger partial charge >= 0.3 is 0 Å². The lowest BCUT2D eigenvalue weighted by Gasteiger charge is -2.12. The van der Waals surface area contributed by atoms with Gasteiger partial charge in [0.2, 0.25) is 5.91 Å². The van der Waals surface area contributed by atoms with E-state index in [4.69, 9.17) is 4.74 Å². The number of rotatable bonds is 8. The molecule has 0 radical (unpaired) electrons. The average Bonchev–Trinajstić information content (AvgIpc) is 2.86. The van der Waals surface area contributed by atoms with Crippen molar-refractivity contribution in [3.63, 3.8) is 0 Å². The number of hydrogen-bond donors (Lipinski definition) is 2. The first-order chi connectivity index (χ1) is 8.25. The Morgan fingerprint density at radius 2 is 2.29 bits per heavy atom. The third-order valence-corrected chi connectivity index (χ3v) is 2.30. The van der Waals surface area contributed by atoms with E-state index >= 15 is 0 Å². The Morgan fingerprint density at radius 3 is 2.94 bits per heavy atom. The van der Waals surface area contributed by atoms with Gasteiger partial charge in [-0.1, -0.05) is 0 Å². The molecule has 1 unspecified atom stereocenters. The molecule has 1 rings (SSSR count). The summed E-state index contributed by atoms with van der Waals surface area (Å²) in [4.78, 5) is 15.5. The van der Waals surface area contributed by atoms with Gasteiger partial charge in [0.05, 0.1) is 6.61 Å². The number of methoxy groups -OCH3 is 1. The largest absolute Gasteiger partial charge is 0.383 e. The third kappa shape index (κ3) is 4.92. The highest BCUT2D eigenvalue weighted by atomic mass is 16.5. The molecule has 7 nitrogen and oxygen atoms in total. The van der Waals surface area contributed by atoms with Gasteiger partial charge in [0.1, 0.15) is 18.7 Å². The van der Waals surface area contributed by atoms with Crippen molar-refractivity contribution in [1.82, 2.24) is 25.4 Å². The van der Waals surface area contributed by atoms with Crippen molar-refractivity contribution in [2.75, 3.05) is 33.4 Å². The van der Waals surface area contributed by atoms with Crippen LogP contribution in [0.4, 0.5) is 0 Å². The highest BCUT2D eigenvalue weighted by molar-refractivity contribution is 5.79. The molecule has 0 aliphatic carbocycles. The Hall–Kier alpha value is -1.47. The fraction of sp³-hybridized carbons (Fsp3) is 0.700. The minimum atomic E-state index is -0.337. The summed E-state index contributed by atoms with van der Waals surface area (Å²) in [5, 5.41) is 9.88. The summed E-state index contributed by atoms with van der Waals surface area (Å²) in [6.07, 6.45) is 2.94. The zero-order valence-electron chi connectivity index (χ0n) is 10.2. The molecular weight excluding hydrogens is 222 g/mol. The normalized spacial score (nSPS) is 12.4. The number of carbonyl (C=O) groups excluding carboxylic acids is 1. The van der Waals surface area contributed by atoms with Crippen molar-refractivity contribution in [3.8, 4) is 0 Å². The van der Waals surface area contributed by atoms with E-state index in [2.05, 4.69) is 20.7 Å². The number of ether oxygens (including phenoxy) is 1. The molecule has 1 heterocycles. The summed E-state index contributed by atoms with van der Waals surface area (Å²) in [5.41, 5.74) is 0. The van der Waals surface area contributed by atoms with Crippen LogP contribution < -0.4 is 10.6 Å². The zero-order chi connectivity index (χ0) is 12.5. The van der Waals surface area contributed by atoms with Crippen molar-refractivity contribution in [2.24, 2.45) is 0 Å². The first-order valence-electron chi connectivity index (χ1n) is 5.57. The standard InChI is InChI=1S/C10H19N5O2/c1-9(15-8-12-7-14-15)10(16)13-4-3-11-5-6-17-2/h7-9,11H,3-6H2,1-2H3,(H,13,16). The molecule has 0 aliphatic heterocycles. The third-order valence-electron chi connectivity index (χ3n) is 2.30. The number of hydrogen-bond acceptors (Lipinski definition) is 5. The Balaban J connectivity index is 2.13. The summed E-state index contributed by atoms with van der Waals surface area (Å²) >= 11 is 0. The Labute approximate surface area is 101 Å². The lowest BCUT2D eigenvalue weighted by Crippen LogP contribution is -2.36. The molecule has 0 spiro atoms. The van der Waals surface area contributed by atoms with Crippen LogP contribution in [0.15, 0.2) is 12.7 Å². The predicted molar refractivity (Wildman–Crippen MR) is 62.5 cm³/mol. The smallest absolute Gasteiger partial charge is 0.244 e.